The molecule has 4 rings (SSSR count). The van der Waals surface area contributed by atoms with E-state index in [1.54, 1.807) is 14.2 Å². The van der Waals surface area contributed by atoms with Gasteiger partial charge >= 0.3 is 5.97 Å². The highest BCUT2D eigenvalue weighted by atomic mass is 16.5. The molecule has 4 aromatic rings. The Balaban J connectivity index is 1.75. The zero-order valence-corrected chi connectivity index (χ0v) is 17.9. The fourth-order valence-electron chi connectivity index (χ4n) is 3.41. The van der Waals surface area contributed by atoms with E-state index in [1.807, 2.05) is 66.5 Å². The molecule has 2 aromatic carbocycles. The van der Waals surface area contributed by atoms with E-state index in [4.69, 9.17) is 9.47 Å². The molecule has 0 saturated heterocycles. The summed E-state index contributed by atoms with van der Waals surface area (Å²) in [6.45, 7) is 0.569. The van der Waals surface area contributed by atoms with Gasteiger partial charge in [0, 0.05) is 19.7 Å². The first kappa shape index (κ1) is 21.0. The highest BCUT2D eigenvalue weighted by Crippen LogP contribution is 2.29. The molecule has 0 aliphatic carbocycles. The van der Waals surface area contributed by atoms with Gasteiger partial charge in [-0.05, 0) is 29.8 Å². The molecular formula is C23H23N5O4. The molecule has 0 atom stereocenters. The molecule has 0 fully saturated rings. The molecule has 164 valence electrons. The van der Waals surface area contributed by atoms with Crippen molar-refractivity contribution in [3.63, 3.8) is 0 Å². The maximum atomic E-state index is 11.7. The molecule has 2 N–H and O–H groups in total. The van der Waals surface area contributed by atoms with Crippen LogP contribution in [0.3, 0.4) is 0 Å². The van der Waals surface area contributed by atoms with Gasteiger partial charge < -0.3 is 24.8 Å². The number of nitrogens with zero attached hydrogens (tertiary/aromatic N) is 4. The van der Waals surface area contributed by atoms with Crippen LogP contribution in [0, 0.1) is 0 Å². The summed E-state index contributed by atoms with van der Waals surface area (Å²) in [7, 11) is 5.13. The summed E-state index contributed by atoms with van der Waals surface area (Å²) in [6, 6.07) is 17.0. The van der Waals surface area contributed by atoms with Crippen molar-refractivity contribution in [2.75, 3.05) is 31.5 Å². The average molecular weight is 433 g/mol. The number of hydrogen-bond acceptors (Lipinski definition) is 7. The normalized spacial score (nSPS) is 10.7. The van der Waals surface area contributed by atoms with Gasteiger partial charge in [-0.2, -0.15) is 9.61 Å². The van der Waals surface area contributed by atoms with E-state index in [1.165, 1.54) is 10.7 Å². The summed E-state index contributed by atoms with van der Waals surface area (Å²) in [5, 5.41) is 17.1. The lowest BCUT2D eigenvalue weighted by Crippen LogP contribution is -2.20. The second kappa shape index (κ2) is 8.84. The van der Waals surface area contributed by atoms with Crippen LogP contribution in [0.25, 0.3) is 5.65 Å². The summed E-state index contributed by atoms with van der Waals surface area (Å²) in [6.07, 6.45) is 1.31. The van der Waals surface area contributed by atoms with Crippen LogP contribution in [0.4, 0.5) is 17.3 Å². The van der Waals surface area contributed by atoms with Gasteiger partial charge in [-0.1, -0.05) is 24.3 Å². The number of carboxylic acids is 1. The first-order valence-electron chi connectivity index (χ1n) is 9.86. The Labute approximate surface area is 184 Å². The Bertz CT molecular complexity index is 1250. The number of anilines is 3. The number of para-hydroxylation sites is 2. The summed E-state index contributed by atoms with van der Waals surface area (Å²) < 4.78 is 12.2. The van der Waals surface area contributed by atoms with Crippen molar-refractivity contribution >= 4 is 28.9 Å². The summed E-state index contributed by atoms with van der Waals surface area (Å²) in [5.41, 5.74) is 2.04. The minimum atomic E-state index is -1.09. The number of aromatic carboxylic acids is 1. The van der Waals surface area contributed by atoms with Crippen molar-refractivity contribution in [3.8, 4) is 11.5 Å². The predicted octanol–water partition coefficient (Wildman–Crippen LogP) is 3.82. The Morgan fingerprint density at radius 3 is 2.56 bits per heavy atom. The molecule has 0 amide bonds. The number of carboxylic acid groups (broad SMARTS) is 1. The standard InChI is InChI=1S/C23H23N5O4/c1-27(14-15-8-10-16(31-2)11-9-15)21-12-20(25-18-6-4-5-7-19(18)32-3)26-22-17(23(29)30)13-24-28(21)22/h4-13H,14H2,1-3H3,(H,25,26)(H,29,30). The number of ether oxygens (including phenoxy) is 2. The van der Waals surface area contributed by atoms with E-state index in [0.717, 1.165) is 11.3 Å². The van der Waals surface area contributed by atoms with Crippen LogP contribution in [-0.2, 0) is 6.54 Å². The Morgan fingerprint density at radius 1 is 1.12 bits per heavy atom. The first-order valence-corrected chi connectivity index (χ1v) is 9.86. The summed E-state index contributed by atoms with van der Waals surface area (Å²) in [5.74, 6) is 1.49. The number of nitrogens with one attached hydrogen (secondary N) is 1. The zero-order chi connectivity index (χ0) is 22.7. The predicted molar refractivity (Wildman–Crippen MR) is 121 cm³/mol. The molecule has 0 aliphatic heterocycles. The van der Waals surface area contributed by atoms with Crippen molar-refractivity contribution in [2.24, 2.45) is 0 Å². The van der Waals surface area contributed by atoms with Crippen LogP contribution in [-0.4, -0.2) is 46.9 Å². The van der Waals surface area contributed by atoms with Gasteiger partial charge in [0.05, 0.1) is 26.1 Å². The molecule has 2 heterocycles. The summed E-state index contributed by atoms with van der Waals surface area (Å²) in [4.78, 5) is 18.2. The lowest BCUT2D eigenvalue weighted by Gasteiger charge is -2.21. The molecular weight excluding hydrogens is 410 g/mol. The Hall–Kier alpha value is -4.27. The smallest absolute Gasteiger partial charge is 0.341 e. The number of methoxy groups -OCH3 is 2. The third kappa shape index (κ3) is 4.13. The second-order valence-corrected chi connectivity index (χ2v) is 7.13. The van der Waals surface area contributed by atoms with Gasteiger partial charge in [0.2, 0.25) is 0 Å². The molecule has 0 saturated carbocycles. The van der Waals surface area contributed by atoms with Crippen molar-refractivity contribution in [2.45, 2.75) is 6.54 Å². The topological polar surface area (TPSA) is 101 Å². The first-order chi connectivity index (χ1) is 15.5. The fourth-order valence-corrected chi connectivity index (χ4v) is 3.41. The second-order valence-electron chi connectivity index (χ2n) is 7.13. The van der Waals surface area contributed by atoms with Gasteiger partial charge in [0.1, 0.15) is 28.7 Å². The van der Waals surface area contributed by atoms with E-state index < -0.39 is 5.97 Å². The van der Waals surface area contributed by atoms with E-state index in [-0.39, 0.29) is 11.2 Å². The lowest BCUT2D eigenvalue weighted by molar-refractivity contribution is 0.0698. The van der Waals surface area contributed by atoms with Crippen LogP contribution in [0.15, 0.2) is 60.8 Å². The molecule has 0 bridgehead atoms. The maximum absolute atomic E-state index is 11.7. The van der Waals surface area contributed by atoms with Crippen LogP contribution in [0.5, 0.6) is 11.5 Å². The number of hydrogen-bond donors (Lipinski definition) is 2. The van der Waals surface area contributed by atoms with Crippen LogP contribution >= 0.6 is 0 Å². The highest BCUT2D eigenvalue weighted by molar-refractivity contribution is 5.94. The molecule has 0 aliphatic rings. The molecule has 32 heavy (non-hydrogen) atoms. The molecule has 2 aromatic heterocycles. The van der Waals surface area contributed by atoms with Crippen LogP contribution < -0.4 is 19.7 Å². The number of carbonyl (C=O) groups is 1. The van der Waals surface area contributed by atoms with Gasteiger partial charge in [-0.25, -0.2) is 9.78 Å². The monoisotopic (exact) mass is 433 g/mol. The van der Waals surface area contributed by atoms with Crippen LogP contribution in [0.2, 0.25) is 0 Å². The fraction of sp³-hybridized carbons (Fsp3) is 0.174. The van der Waals surface area contributed by atoms with Crippen molar-refractivity contribution in [1.82, 2.24) is 14.6 Å². The van der Waals surface area contributed by atoms with Crippen LogP contribution in [0.1, 0.15) is 15.9 Å². The number of rotatable bonds is 8. The summed E-state index contributed by atoms with van der Waals surface area (Å²) >= 11 is 0. The lowest BCUT2D eigenvalue weighted by atomic mass is 10.2. The van der Waals surface area contributed by atoms with Crippen molar-refractivity contribution in [1.29, 1.82) is 0 Å². The van der Waals surface area contributed by atoms with E-state index in [2.05, 4.69) is 15.4 Å². The van der Waals surface area contributed by atoms with Gasteiger partial charge in [0.15, 0.2) is 5.65 Å². The zero-order valence-electron chi connectivity index (χ0n) is 17.9. The van der Waals surface area contributed by atoms with E-state index >= 15 is 0 Å². The quantitative estimate of drug-likeness (QED) is 0.432. The van der Waals surface area contributed by atoms with Crippen molar-refractivity contribution in [3.05, 3.63) is 71.9 Å². The third-order valence-corrected chi connectivity index (χ3v) is 5.02. The maximum Gasteiger partial charge on any atom is 0.341 e. The minimum absolute atomic E-state index is 0.0211. The number of fused-ring (bicyclic) bond motifs is 1. The average Bonchev–Trinajstić information content (AvgIpc) is 3.23. The highest BCUT2D eigenvalue weighted by Gasteiger charge is 2.19. The molecule has 0 unspecified atom stereocenters. The third-order valence-electron chi connectivity index (χ3n) is 5.02. The van der Waals surface area contributed by atoms with Gasteiger partial charge in [0.25, 0.3) is 0 Å². The van der Waals surface area contributed by atoms with E-state index in [0.29, 0.717) is 29.6 Å². The number of benzene rings is 2. The molecule has 0 radical (unpaired) electrons. The minimum Gasteiger partial charge on any atom is -0.497 e. The number of aromatic nitrogens is 3. The van der Waals surface area contributed by atoms with Gasteiger partial charge in [-0.3, -0.25) is 0 Å². The SMILES string of the molecule is COc1ccc(CN(C)c2cc(Nc3ccccc3OC)nc3c(C(=O)O)cnn23)cc1. The molecule has 9 heteroatoms. The van der Waals surface area contributed by atoms with Gasteiger partial charge in [-0.15, -0.1) is 0 Å². The molecule has 9 nitrogen and oxygen atoms in total. The Kier molecular flexibility index (Phi) is 5.80. The van der Waals surface area contributed by atoms with Crippen molar-refractivity contribution < 1.29 is 19.4 Å². The Morgan fingerprint density at radius 2 is 1.88 bits per heavy atom. The largest absolute Gasteiger partial charge is 0.497 e. The van der Waals surface area contributed by atoms with E-state index in [9.17, 15) is 9.90 Å². The molecule has 0 spiro atoms.